The van der Waals surface area contributed by atoms with Crippen LogP contribution >= 0.6 is 0 Å². The van der Waals surface area contributed by atoms with Crippen LogP contribution in [0.4, 0.5) is 0 Å². The van der Waals surface area contributed by atoms with E-state index in [1.54, 1.807) is 0 Å². The first-order valence-corrected chi connectivity index (χ1v) is 19.9. The highest BCUT2D eigenvalue weighted by Crippen LogP contribution is 2.67. The molecule has 7 fully saturated rings. The molecule has 0 aliphatic heterocycles. The molecule has 7 saturated carbocycles. The molecule has 0 radical (unpaired) electrons. The van der Waals surface area contributed by atoms with Crippen molar-refractivity contribution >= 4 is 11.9 Å². The second-order valence-electron chi connectivity index (χ2n) is 17.3. The average molecular weight is 705 g/mol. The van der Waals surface area contributed by atoms with Crippen molar-refractivity contribution in [3.05, 3.63) is 48.6 Å². The smallest absolute Gasteiger partial charge is 0.330 e. The fraction of sp³-hybridized carbons (Fsp3) is 0.721. The summed E-state index contributed by atoms with van der Waals surface area (Å²) in [7, 11) is 0. The molecule has 8 rings (SSSR count). The van der Waals surface area contributed by atoms with E-state index in [2.05, 4.69) is 25.3 Å². The van der Waals surface area contributed by atoms with Crippen LogP contribution in [0.2, 0.25) is 0 Å². The molecule has 8 nitrogen and oxygen atoms in total. The van der Waals surface area contributed by atoms with Crippen LogP contribution in [0.5, 0.6) is 11.5 Å². The molecule has 7 aliphatic rings. The number of esters is 2. The zero-order chi connectivity index (χ0) is 35.9. The van der Waals surface area contributed by atoms with Crippen molar-refractivity contribution in [1.82, 2.24) is 0 Å². The fourth-order valence-electron chi connectivity index (χ4n) is 11.7. The summed E-state index contributed by atoms with van der Waals surface area (Å²) in [5.74, 6) is 7.22. The van der Waals surface area contributed by atoms with Crippen LogP contribution < -0.4 is 9.47 Å². The molecule has 1 aromatic rings. The molecule has 51 heavy (non-hydrogen) atoms. The summed E-state index contributed by atoms with van der Waals surface area (Å²) in [6.45, 7) is 16.0. The first kappa shape index (κ1) is 36.5. The molecule has 0 saturated heterocycles. The molecule has 0 spiro atoms. The van der Waals surface area contributed by atoms with Crippen LogP contribution in [0.3, 0.4) is 0 Å². The van der Waals surface area contributed by atoms with Crippen molar-refractivity contribution in [3.8, 4) is 11.5 Å². The Bertz CT molecular complexity index is 1430. The lowest BCUT2D eigenvalue weighted by Crippen LogP contribution is -2.34. The van der Waals surface area contributed by atoms with Gasteiger partial charge in [-0.1, -0.05) is 13.2 Å². The number of carbonyl (C=O) groups excluding carboxylic acids is 2. The first-order chi connectivity index (χ1) is 24.5. The highest BCUT2D eigenvalue weighted by atomic mass is 16.6. The maximum atomic E-state index is 11.7. The van der Waals surface area contributed by atoms with Crippen LogP contribution in [-0.4, -0.2) is 62.8 Å². The zero-order valence-corrected chi connectivity index (χ0v) is 31.3. The summed E-state index contributed by atoms with van der Waals surface area (Å²) < 4.78 is 36.4. The van der Waals surface area contributed by atoms with Gasteiger partial charge in [0.15, 0.2) is 0 Å². The summed E-state index contributed by atoms with van der Waals surface area (Å²) in [5, 5.41) is 0. The zero-order valence-electron chi connectivity index (χ0n) is 31.3. The highest BCUT2D eigenvalue weighted by Gasteiger charge is 2.58. The molecule has 0 amide bonds. The van der Waals surface area contributed by atoms with Crippen molar-refractivity contribution in [3.63, 3.8) is 0 Å². The third-order valence-electron chi connectivity index (χ3n) is 13.5. The van der Waals surface area contributed by atoms with Crippen LogP contribution in [0.1, 0.15) is 109 Å². The molecule has 7 bridgehead atoms. The third kappa shape index (κ3) is 7.78. The number of rotatable bonds is 18. The number of ether oxygens (including phenoxy) is 6. The Hall–Kier alpha value is -2.84. The van der Waals surface area contributed by atoms with Gasteiger partial charge < -0.3 is 28.4 Å². The number of hydrogen-bond donors (Lipinski definition) is 0. The Labute approximate surface area is 305 Å². The molecule has 0 heterocycles. The summed E-state index contributed by atoms with van der Waals surface area (Å²) >= 11 is 0. The Morgan fingerprint density at radius 2 is 1.22 bits per heavy atom. The number of hydrogen-bond acceptors (Lipinski definition) is 8. The Morgan fingerprint density at radius 3 is 1.80 bits per heavy atom. The predicted molar refractivity (Wildman–Crippen MR) is 195 cm³/mol. The molecule has 11 unspecified atom stereocenters. The van der Waals surface area contributed by atoms with Gasteiger partial charge in [0.05, 0.1) is 25.4 Å². The van der Waals surface area contributed by atoms with E-state index >= 15 is 0 Å². The second-order valence-corrected chi connectivity index (χ2v) is 17.3. The van der Waals surface area contributed by atoms with E-state index in [0.717, 1.165) is 47.0 Å². The molecule has 8 heteroatoms. The van der Waals surface area contributed by atoms with Gasteiger partial charge in [0.1, 0.15) is 36.9 Å². The van der Waals surface area contributed by atoms with E-state index in [0.29, 0.717) is 25.0 Å². The Morgan fingerprint density at radius 1 is 0.667 bits per heavy atom. The maximum absolute atomic E-state index is 11.7. The minimum Gasteiger partial charge on any atom is -0.490 e. The van der Waals surface area contributed by atoms with Crippen molar-refractivity contribution in [1.29, 1.82) is 0 Å². The lowest BCUT2D eigenvalue weighted by atomic mass is 9.62. The summed E-state index contributed by atoms with van der Waals surface area (Å²) in [4.78, 5) is 23.3. The third-order valence-corrected chi connectivity index (χ3v) is 13.5. The number of fused-ring (bicyclic) bond motifs is 2. The van der Waals surface area contributed by atoms with Crippen LogP contribution in [0, 0.1) is 41.4 Å². The number of carbonyl (C=O) groups is 2. The van der Waals surface area contributed by atoms with E-state index in [4.69, 9.17) is 28.4 Å². The van der Waals surface area contributed by atoms with Crippen molar-refractivity contribution in [2.75, 3.05) is 26.4 Å². The van der Waals surface area contributed by atoms with Crippen LogP contribution in [-0.2, 0) is 34.0 Å². The second kappa shape index (κ2) is 15.3. The summed E-state index contributed by atoms with van der Waals surface area (Å²) in [5.41, 5.74) is 2.96. The molecule has 1 aromatic carbocycles. The predicted octanol–water partition coefficient (Wildman–Crippen LogP) is 8.11. The topological polar surface area (TPSA) is 89.5 Å². The van der Waals surface area contributed by atoms with Gasteiger partial charge in [-0.25, -0.2) is 9.59 Å². The Kier molecular flexibility index (Phi) is 10.9. The quantitative estimate of drug-likeness (QED) is 0.112. The van der Waals surface area contributed by atoms with E-state index in [-0.39, 0.29) is 43.0 Å². The summed E-state index contributed by atoms with van der Waals surface area (Å²) in [6, 6.07) is 4.79. The molecular weight excluding hydrogens is 644 g/mol. The standard InChI is InChI=1S/C43H60O8/c1-7-40(44)50-27(5)23-46-25(3)21-48-38-17-39(49-22-26(4)47-24-28(6)51-41(45)8-2)37(43-18-29-11-34(19-43)35(12-29)20-43)16-36(38)42-31-10-9-30-13-33(42)15-32(30)14-31/h7-8,16-17,25-35,42H,1-2,9-15,18-24H2,3-6H3. The van der Waals surface area contributed by atoms with E-state index in [1.165, 1.54) is 87.5 Å². The fourth-order valence-corrected chi connectivity index (χ4v) is 11.7. The normalized spacial score (nSPS) is 34.8. The van der Waals surface area contributed by atoms with Gasteiger partial charge in [-0.05, 0) is 156 Å². The van der Waals surface area contributed by atoms with E-state index in [1.807, 2.05) is 27.7 Å². The first-order valence-electron chi connectivity index (χ1n) is 19.9. The Balaban J connectivity index is 1.15. The largest absolute Gasteiger partial charge is 0.490 e. The molecular formula is C43H60O8. The number of benzene rings is 1. The monoisotopic (exact) mass is 704 g/mol. The lowest BCUT2D eigenvalue weighted by Gasteiger charge is -2.43. The van der Waals surface area contributed by atoms with Crippen molar-refractivity contribution < 1.29 is 38.0 Å². The van der Waals surface area contributed by atoms with Gasteiger partial charge >= 0.3 is 11.9 Å². The van der Waals surface area contributed by atoms with E-state index in [9.17, 15) is 9.59 Å². The van der Waals surface area contributed by atoms with Crippen LogP contribution in [0.25, 0.3) is 0 Å². The minimum atomic E-state index is -0.448. The maximum Gasteiger partial charge on any atom is 0.330 e. The summed E-state index contributed by atoms with van der Waals surface area (Å²) in [6.07, 6.45) is 14.6. The van der Waals surface area contributed by atoms with Crippen LogP contribution in [0.15, 0.2) is 37.4 Å². The molecule has 280 valence electrons. The SMILES string of the molecule is C=CC(=O)OC(C)COC(C)COc1cc(OCC(C)OCC(C)OC(=O)C=C)c(C23CC4CC(C2)C(C4)C3)cc1C1C2CCC3CC1CC3C2. The van der Waals surface area contributed by atoms with Crippen molar-refractivity contribution in [2.45, 2.75) is 128 Å². The molecule has 11 atom stereocenters. The molecule has 0 aromatic heterocycles. The molecule has 0 N–H and O–H groups in total. The van der Waals surface area contributed by atoms with Gasteiger partial charge in [0, 0.05) is 23.8 Å². The minimum absolute atomic E-state index is 0.164. The van der Waals surface area contributed by atoms with Gasteiger partial charge in [0.25, 0.3) is 0 Å². The van der Waals surface area contributed by atoms with Gasteiger partial charge in [-0.2, -0.15) is 0 Å². The highest BCUT2D eigenvalue weighted by molar-refractivity contribution is 5.81. The van der Waals surface area contributed by atoms with Gasteiger partial charge in [-0.15, -0.1) is 0 Å². The lowest BCUT2D eigenvalue weighted by molar-refractivity contribution is -0.147. The average Bonchev–Trinajstić information content (AvgIpc) is 3.66. The van der Waals surface area contributed by atoms with E-state index < -0.39 is 11.9 Å². The van der Waals surface area contributed by atoms with Gasteiger partial charge in [0.2, 0.25) is 0 Å². The van der Waals surface area contributed by atoms with Crippen molar-refractivity contribution in [2.24, 2.45) is 41.4 Å². The van der Waals surface area contributed by atoms with Gasteiger partial charge in [-0.3, -0.25) is 0 Å². The molecule has 7 aliphatic carbocycles.